The minimum atomic E-state index is -1.00. The number of carbonyl (C=O) groups excluding carboxylic acids is 1. The summed E-state index contributed by atoms with van der Waals surface area (Å²) in [7, 11) is 0. The Hall–Kier alpha value is -2.16. The van der Waals surface area contributed by atoms with E-state index in [2.05, 4.69) is 34.8 Å². The molecular formula is C12H21N5O4. The van der Waals surface area contributed by atoms with E-state index in [1.54, 1.807) is 0 Å². The van der Waals surface area contributed by atoms with Crippen LogP contribution in [0.5, 0.6) is 0 Å². The lowest BCUT2D eigenvalue weighted by molar-refractivity contribution is -0.137. The van der Waals surface area contributed by atoms with Gasteiger partial charge in [0.1, 0.15) is 12.2 Å². The smallest absolute Gasteiger partial charge is 0.325 e. The molecule has 9 heteroatoms. The zero-order chi connectivity index (χ0) is 15.7. The Balaban J connectivity index is 2.15. The van der Waals surface area contributed by atoms with Crippen molar-refractivity contribution in [2.75, 3.05) is 19.8 Å². The number of nitrogens with zero attached hydrogens (tertiary/aromatic N) is 3. The number of aliphatic carboxylic acids is 1. The number of carboxylic acid groups (broad SMARTS) is 1. The van der Waals surface area contributed by atoms with E-state index in [1.165, 1.54) is 10.9 Å². The SMILES string of the molecule is CC(C)COCCNC(=O)NCc1cn(CC(=O)O)nn1. The molecule has 0 bridgehead atoms. The average Bonchev–Trinajstić information content (AvgIpc) is 2.82. The van der Waals surface area contributed by atoms with Crippen molar-refractivity contribution >= 4 is 12.0 Å². The number of carboxylic acids is 1. The standard InChI is InChI=1S/C12H21N5O4/c1-9(2)8-21-4-3-13-12(20)14-5-10-6-17(16-15-10)7-11(18)19/h6,9H,3-5,7-8H2,1-2H3,(H,18,19)(H2,13,14,20). The van der Waals surface area contributed by atoms with Crippen LogP contribution in [-0.2, 0) is 22.6 Å². The monoisotopic (exact) mass is 299 g/mol. The molecule has 0 radical (unpaired) electrons. The van der Waals surface area contributed by atoms with Crippen LogP contribution < -0.4 is 10.6 Å². The lowest BCUT2D eigenvalue weighted by Gasteiger charge is -2.08. The van der Waals surface area contributed by atoms with Crippen molar-refractivity contribution in [3.63, 3.8) is 0 Å². The zero-order valence-electron chi connectivity index (χ0n) is 12.2. The predicted molar refractivity (Wildman–Crippen MR) is 73.6 cm³/mol. The Morgan fingerprint density at radius 1 is 1.43 bits per heavy atom. The topological polar surface area (TPSA) is 118 Å². The lowest BCUT2D eigenvalue weighted by atomic mass is 10.2. The molecule has 3 N–H and O–H groups in total. The highest BCUT2D eigenvalue weighted by Crippen LogP contribution is 1.93. The molecule has 0 aliphatic heterocycles. The molecule has 21 heavy (non-hydrogen) atoms. The normalized spacial score (nSPS) is 10.6. The fraction of sp³-hybridized carbons (Fsp3) is 0.667. The molecular weight excluding hydrogens is 278 g/mol. The first-order valence-corrected chi connectivity index (χ1v) is 6.67. The van der Waals surface area contributed by atoms with Crippen molar-refractivity contribution in [2.45, 2.75) is 26.9 Å². The van der Waals surface area contributed by atoms with Crippen LogP contribution in [0.25, 0.3) is 0 Å². The van der Waals surface area contributed by atoms with Crippen LogP contribution in [0.1, 0.15) is 19.5 Å². The Labute approximate surface area is 122 Å². The van der Waals surface area contributed by atoms with Gasteiger partial charge in [-0.25, -0.2) is 9.48 Å². The first kappa shape index (κ1) is 16.9. The Morgan fingerprint density at radius 3 is 2.86 bits per heavy atom. The van der Waals surface area contributed by atoms with Crippen molar-refractivity contribution in [1.29, 1.82) is 0 Å². The number of urea groups is 1. The summed E-state index contributed by atoms with van der Waals surface area (Å²) in [6.07, 6.45) is 1.47. The van der Waals surface area contributed by atoms with Crippen LogP contribution in [0.3, 0.4) is 0 Å². The largest absolute Gasteiger partial charge is 0.480 e. The van der Waals surface area contributed by atoms with Gasteiger partial charge in [0.25, 0.3) is 0 Å². The van der Waals surface area contributed by atoms with Gasteiger partial charge in [0.2, 0.25) is 0 Å². The molecule has 0 saturated carbocycles. The van der Waals surface area contributed by atoms with E-state index in [9.17, 15) is 9.59 Å². The van der Waals surface area contributed by atoms with Gasteiger partial charge in [0, 0.05) is 13.2 Å². The molecule has 1 heterocycles. The van der Waals surface area contributed by atoms with Gasteiger partial charge < -0.3 is 20.5 Å². The molecule has 0 unspecified atom stereocenters. The first-order chi connectivity index (χ1) is 9.97. The van der Waals surface area contributed by atoms with Crippen molar-refractivity contribution in [1.82, 2.24) is 25.6 Å². The molecule has 1 aromatic heterocycles. The highest BCUT2D eigenvalue weighted by Gasteiger charge is 2.06. The molecule has 2 amide bonds. The molecule has 0 atom stereocenters. The van der Waals surface area contributed by atoms with Crippen LogP contribution in [0.15, 0.2) is 6.20 Å². The van der Waals surface area contributed by atoms with Gasteiger partial charge in [-0.3, -0.25) is 4.79 Å². The number of hydrogen-bond donors (Lipinski definition) is 3. The zero-order valence-corrected chi connectivity index (χ0v) is 12.2. The minimum Gasteiger partial charge on any atom is -0.480 e. The molecule has 0 fully saturated rings. The number of amides is 2. The summed E-state index contributed by atoms with van der Waals surface area (Å²) in [5.41, 5.74) is 0.488. The Kier molecular flexibility index (Phi) is 7.16. The fourth-order valence-corrected chi connectivity index (χ4v) is 1.42. The van der Waals surface area contributed by atoms with E-state index in [-0.39, 0.29) is 19.1 Å². The van der Waals surface area contributed by atoms with Crippen LogP contribution in [0.2, 0.25) is 0 Å². The molecule has 0 aliphatic carbocycles. The second-order valence-electron chi connectivity index (χ2n) is 4.88. The van der Waals surface area contributed by atoms with Gasteiger partial charge in [0.05, 0.1) is 19.3 Å². The summed E-state index contributed by atoms with van der Waals surface area (Å²) in [5.74, 6) is -0.536. The summed E-state index contributed by atoms with van der Waals surface area (Å²) in [6.45, 7) is 5.57. The van der Waals surface area contributed by atoms with Crippen molar-refractivity contribution < 1.29 is 19.4 Å². The minimum absolute atomic E-state index is 0.179. The van der Waals surface area contributed by atoms with E-state index < -0.39 is 5.97 Å². The molecule has 1 aromatic rings. The van der Waals surface area contributed by atoms with Crippen LogP contribution in [0.4, 0.5) is 4.79 Å². The Bertz CT molecular complexity index is 460. The molecule has 9 nitrogen and oxygen atoms in total. The quantitative estimate of drug-likeness (QED) is 0.545. The molecule has 118 valence electrons. The first-order valence-electron chi connectivity index (χ1n) is 6.67. The number of ether oxygens (including phenoxy) is 1. The van der Waals surface area contributed by atoms with E-state index in [4.69, 9.17) is 9.84 Å². The summed E-state index contributed by atoms with van der Waals surface area (Å²) < 4.78 is 6.52. The molecule has 0 aromatic carbocycles. The van der Waals surface area contributed by atoms with Crippen LogP contribution in [-0.4, -0.2) is 51.9 Å². The number of hydrogen-bond acceptors (Lipinski definition) is 5. The van der Waals surface area contributed by atoms with Gasteiger partial charge in [-0.1, -0.05) is 19.1 Å². The second kappa shape index (κ2) is 8.90. The summed E-state index contributed by atoms with van der Waals surface area (Å²) in [4.78, 5) is 21.9. The third-order valence-electron chi connectivity index (χ3n) is 2.30. The van der Waals surface area contributed by atoms with Crippen LogP contribution >= 0.6 is 0 Å². The maximum absolute atomic E-state index is 11.5. The maximum atomic E-state index is 11.5. The predicted octanol–water partition coefficient (Wildman–Crippen LogP) is -0.165. The fourth-order valence-electron chi connectivity index (χ4n) is 1.42. The lowest BCUT2D eigenvalue weighted by Crippen LogP contribution is -2.37. The molecule has 0 spiro atoms. The number of carbonyl (C=O) groups is 2. The van der Waals surface area contributed by atoms with E-state index in [0.29, 0.717) is 31.4 Å². The molecule has 1 rings (SSSR count). The third-order valence-corrected chi connectivity index (χ3v) is 2.30. The van der Waals surface area contributed by atoms with Gasteiger partial charge >= 0.3 is 12.0 Å². The van der Waals surface area contributed by atoms with E-state index in [1.807, 2.05) is 0 Å². The van der Waals surface area contributed by atoms with E-state index in [0.717, 1.165) is 0 Å². The number of aromatic nitrogens is 3. The van der Waals surface area contributed by atoms with Crippen LogP contribution in [0, 0.1) is 5.92 Å². The highest BCUT2D eigenvalue weighted by molar-refractivity contribution is 5.73. The van der Waals surface area contributed by atoms with Gasteiger partial charge in [-0.15, -0.1) is 5.10 Å². The summed E-state index contributed by atoms with van der Waals surface area (Å²) in [6, 6.07) is -0.337. The van der Waals surface area contributed by atoms with Crippen molar-refractivity contribution in [3.8, 4) is 0 Å². The summed E-state index contributed by atoms with van der Waals surface area (Å²) in [5, 5.41) is 21.2. The number of rotatable bonds is 9. The Morgan fingerprint density at radius 2 is 2.19 bits per heavy atom. The van der Waals surface area contributed by atoms with Gasteiger partial charge in [-0.05, 0) is 5.92 Å². The van der Waals surface area contributed by atoms with Gasteiger partial charge in [-0.2, -0.15) is 0 Å². The molecule has 0 saturated heterocycles. The van der Waals surface area contributed by atoms with Crippen molar-refractivity contribution in [3.05, 3.63) is 11.9 Å². The summed E-state index contributed by atoms with van der Waals surface area (Å²) >= 11 is 0. The van der Waals surface area contributed by atoms with Crippen molar-refractivity contribution in [2.24, 2.45) is 5.92 Å². The molecule has 0 aliphatic rings. The number of nitrogens with one attached hydrogen (secondary N) is 2. The maximum Gasteiger partial charge on any atom is 0.325 e. The van der Waals surface area contributed by atoms with Gasteiger partial charge in [0.15, 0.2) is 0 Å². The second-order valence-corrected chi connectivity index (χ2v) is 4.88. The average molecular weight is 299 g/mol. The van der Waals surface area contributed by atoms with E-state index >= 15 is 0 Å². The third kappa shape index (κ3) is 7.88. The highest BCUT2D eigenvalue weighted by atomic mass is 16.5.